The number of nitrogens with zero attached hydrogens (tertiary/aromatic N) is 2. The van der Waals surface area contributed by atoms with E-state index in [1.165, 1.54) is 0 Å². The Balaban J connectivity index is 1.55. The van der Waals surface area contributed by atoms with Crippen molar-refractivity contribution >= 4 is 35.4 Å². The largest absolute Gasteiger partial charge is 0.490 e. The van der Waals surface area contributed by atoms with Gasteiger partial charge in [-0.1, -0.05) is 71.7 Å². The second kappa shape index (κ2) is 10.7. The second-order valence-electron chi connectivity index (χ2n) is 7.09. The monoisotopic (exact) mass is 500 g/mol. The molecule has 0 saturated carbocycles. The Labute approximate surface area is 207 Å². The molecule has 1 aromatic heterocycles. The maximum atomic E-state index is 6.59. The molecule has 0 amide bonds. The lowest BCUT2D eigenvalue weighted by Crippen LogP contribution is -2.16. The van der Waals surface area contributed by atoms with Gasteiger partial charge in [0.2, 0.25) is 4.77 Å². The van der Waals surface area contributed by atoms with Crippen molar-refractivity contribution in [2.24, 2.45) is 0 Å². The van der Waals surface area contributed by atoms with Gasteiger partial charge in [0.15, 0.2) is 17.3 Å². The van der Waals surface area contributed by atoms with Gasteiger partial charge in [-0.15, -0.1) is 0 Å². The van der Waals surface area contributed by atoms with Gasteiger partial charge in [-0.25, -0.2) is 9.77 Å². The molecule has 170 valence electrons. The minimum Gasteiger partial charge on any atom is -0.490 e. The van der Waals surface area contributed by atoms with Gasteiger partial charge < -0.3 is 14.9 Å². The molecule has 3 aromatic carbocycles. The predicted molar refractivity (Wildman–Crippen MR) is 134 cm³/mol. The zero-order valence-corrected chi connectivity index (χ0v) is 20.2. The van der Waals surface area contributed by atoms with Crippen molar-refractivity contribution < 1.29 is 9.47 Å². The molecule has 2 N–H and O–H groups in total. The summed E-state index contributed by atoms with van der Waals surface area (Å²) in [5.41, 5.74) is 5.93. The van der Waals surface area contributed by atoms with Gasteiger partial charge in [-0.05, 0) is 36.8 Å². The predicted octanol–water partition coefficient (Wildman–Crippen LogP) is 6.64. The molecule has 0 fully saturated rings. The molecule has 0 radical (unpaired) electrons. The van der Waals surface area contributed by atoms with E-state index in [9.17, 15) is 0 Å². The van der Waals surface area contributed by atoms with E-state index in [0.717, 1.165) is 16.7 Å². The van der Waals surface area contributed by atoms with E-state index < -0.39 is 0 Å². The third-order valence-corrected chi connectivity index (χ3v) is 5.88. The van der Waals surface area contributed by atoms with Gasteiger partial charge in [0, 0.05) is 27.2 Å². The SMILES string of the molecule is CCOc1cc(CNn2c(-c3ccccc3)n[nH]c2=S)c(Cl)cc1OCc1ccccc1Cl. The van der Waals surface area contributed by atoms with E-state index in [4.69, 9.17) is 44.9 Å². The first-order valence-corrected chi connectivity index (χ1v) is 11.5. The average molecular weight is 501 g/mol. The highest BCUT2D eigenvalue weighted by atomic mass is 35.5. The number of rotatable bonds is 9. The third kappa shape index (κ3) is 5.50. The van der Waals surface area contributed by atoms with Crippen LogP contribution in [0.3, 0.4) is 0 Å². The maximum absolute atomic E-state index is 6.59. The lowest BCUT2D eigenvalue weighted by molar-refractivity contribution is 0.269. The van der Waals surface area contributed by atoms with E-state index in [2.05, 4.69) is 15.6 Å². The van der Waals surface area contributed by atoms with Gasteiger partial charge in [0.25, 0.3) is 0 Å². The van der Waals surface area contributed by atoms with E-state index >= 15 is 0 Å². The average Bonchev–Trinajstić information content (AvgIpc) is 3.20. The van der Waals surface area contributed by atoms with Crippen LogP contribution in [0.25, 0.3) is 11.4 Å². The fourth-order valence-corrected chi connectivity index (χ4v) is 3.86. The van der Waals surface area contributed by atoms with Crippen molar-refractivity contribution in [3.05, 3.63) is 92.7 Å². The highest BCUT2D eigenvalue weighted by Crippen LogP contribution is 2.35. The van der Waals surface area contributed by atoms with Crippen LogP contribution in [0.4, 0.5) is 0 Å². The van der Waals surface area contributed by atoms with Gasteiger partial charge in [0.05, 0.1) is 13.2 Å². The Morgan fingerprint density at radius 1 is 0.939 bits per heavy atom. The topological polar surface area (TPSA) is 64.1 Å². The van der Waals surface area contributed by atoms with Crippen LogP contribution >= 0.6 is 35.4 Å². The van der Waals surface area contributed by atoms with Crippen LogP contribution in [0.15, 0.2) is 66.7 Å². The molecule has 9 heteroatoms. The zero-order valence-electron chi connectivity index (χ0n) is 17.8. The van der Waals surface area contributed by atoms with E-state index in [1.54, 1.807) is 10.7 Å². The lowest BCUT2D eigenvalue weighted by Gasteiger charge is -2.16. The van der Waals surface area contributed by atoms with Crippen molar-refractivity contribution in [1.82, 2.24) is 14.9 Å². The number of hydrogen-bond acceptors (Lipinski definition) is 5. The normalized spacial score (nSPS) is 10.8. The standard InChI is InChI=1S/C24H22Cl2N4O2S/c1-2-31-21-12-18(20(26)13-22(21)32-15-17-10-6-7-11-19(17)25)14-27-30-23(28-29-24(30)33)16-8-4-3-5-9-16/h3-13,27H,2,14-15H2,1H3,(H,29,33). The molecule has 1 heterocycles. The molecule has 0 unspecified atom stereocenters. The van der Waals surface area contributed by atoms with Crippen LogP contribution in [-0.4, -0.2) is 21.5 Å². The Kier molecular flexibility index (Phi) is 7.54. The second-order valence-corrected chi connectivity index (χ2v) is 8.29. The number of aromatic amines is 1. The third-order valence-electron chi connectivity index (χ3n) is 4.89. The number of ether oxygens (including phenoxy) is 2. The summed E-state index contributed by atoms with van der Waals surface area (Å²) in [7, 11) is 0. The first-order valence-electron chi connectivity index (χ1n) is 10.3. The van der Waals surface area contributed by atoms with Crippen molar-refractivity contribution in [2.75, 3.05) is 12.0 Å². The van der Waals surface area contributed by atoms with Crippen molar-refractivity contribution in [3.63, 3.8) is 0 Å². The van der Waals surface area contributed by atoms with E-state index in [-0.39, 0.29) is 0 Å². The molecule has 4 aromatic rings. The molecule has 0 aliphatic heterocycles. The summed E-state index contributed by atoms with van der Waals surface area (Å²) < 4.78 is 14.0. The Morgan fingerprint density at radius 3 is 2.42 bits per heavy atom. The summed E-state index contributed by atoms with van der Waals surface area (Å²) in [5, 5.41) is 8.35. The van der Waals surface area contributed by atoms with Gasteiger partial charge in [-0.3, -0.25) is 0 Å². The van der Waals surface area contributed by atoms with Crippen molar-refractivity contribution in [3.8, 4) is 22.9 Å². The molecule has 0 spiro atoms. The molecule has 6 nitrogen and oxygen atoms in total. The highest BCUT2D eigenvalue weighted by molar-refractivity contribution is 7.71. The Morgan fingerprint density at radius 2 is 1.67 bits per heavy atom. The van der Waals surface area contributed by atoms with Crippen LogP contribution in [0.5, 0.6) is 11.5 Å². The van der Waals surface area contributed by atoms with E-state index in [1.807, 2.05) is 67.6 Å². The number of halogens is 2. The zero-order chi connectivity index (χ0) is 23.2. The van der Waals surface area contributed by atoms with Crippen LogP contribution in [0.2, 0.25) is 10.0 Å². The number of benzene rings is 3. The summed E-state index contributed by atoms with van der Waals surface area (Å²) in [6.45, 7) is 3.11. The molecule has 4 rings (SSSR count). The smallest absolute Gasteiger partial charge is 0.214 e. The Hall–Kier alpha value is -3.00. The Bertz CT molecular complexity index is 1290. The van der Waals surface area contributed by atoms with Crippen LogP contribution in [0.1, 0.15) is 18.1 Å². The maximum Gasteiger partial charge on any atom is 0.214 e. The van der Waals surface area contributed by atoms with Crippen LogP contribution < -0.4 is 14.9 Å². The number of nitrogens with one attached hydrogen (secondary N) is 2. The van der Waals surface area contributed by atoms with Crippen molar-refractivity contribution in [1.29, 1.82) is 0 Å². The summed E-state index contributed by atoms with van der Waals surface area (Å²) >= 11 is 18.2. The molecule has 33 heavy (non-hydrogen) atoms. The van der Waals surface area contributed by atoms with Crippen molar-refractivity contribution in [2.45, 2.75) is 20.1 Å². The minimum absolute atomic E-state index is 0.304. The fourth-order valence-electron chi connectivity index (χ4n) is 3.25. The van der Waals surface area contributed by atoms with E-state index in [0.29, 0.717) is 51.9 Å². The number of aromatic nitrogens is 3. The van der Waals surface area contributed by atoms with Crippen LogP contribution in [0, 0.1) is 4.77 Å². The molecule has 0 bridgehead atoms. The first kappa shape index (κ1) is 23.2. The fraction of sp³-hybridized carbons (Fsp3) is 0.167. The van der Waals surface area contributed by atoms with Crippen LogP contribution in [-0.2, 0) is 13.2 Å². The number of hydrogen-bond donors (Lipinski definition) is 2. The van der Waals surface area contributed by atoms with Gasteiger partial charge in [0.1, 0.15) is 6.61 Å². The molecule has 0 atom stereocenters. The summed E-state index contributed by atoms with van der Waals surface area (Å²) in [4.78, 5) is 0. The molecular weight excluding hydrogens is 479 g/mol. The molecule has 0 aliphatic rings. The molecule has 0 saturated heterocycles. The van der Waals surface area contributed by atoms with Gasteiger partial charge >= 0.3 is 0 Å². The highest BCUT2D eigenvalue weighted by Gasteiger charge is 2.14. The first-order chi connectivity index (χ1) is 16.1. The summed E-state index contributed by atoms with van der Waals surface area (Å²) in [5.74, 6) is 1.83. The van der Waals surface area contributed by atoms with Gasteiger partial charge in [-0.2, -0.15) is 5.10 Å². The quantitative estimate of drug-likeness (QED) is 0.252. The minimum atomic E-state index is 0.304. The molecular formula is C24H22Cl2N4O2S. The number of H-pyrrole nitrogens is 1. The summed E-state index contributed by atoms with van der Waals surface area (Å²) in [6.07, 6.45) is 0. The summed E-state index contributed by atoms with van der Waals surface area (Å²) in [6, 6.07) is 21.0. The lowest BCUT2D eigenvalue weighted by atomic mass is 10.2. The molecule has 0 aliphatic carbocycles.